The first-order valence-corrected chi connectivity index (χ1v) is 5.92. The molecule has 1 aliphatic rings. The number of rotatable bonds is 4. The number of anilines is 1. The van der Waals surface area contributed by atoms with Crippen molar-refractivity contribution < 1.29 is 14.4 Å². The van der Waals surface area contributed by atoms with Gasteiger partial charge >= 0.3 is 0 Å². The van der Waals surface area contributed by atoms with Gasteiger partial charge in [0.05, 0.1) is 30.8 Å². The summed E-state index contributed by atoms with van der Waals surface area (Å²) in [5.74, 6) is 0. The number of hydrogen-bond acceptors (Lipinski definition) is 5. The fraction of sp³-hybridized carbons (Fsp3) is 0.455. The van der Waals surface area contributed by atoms with Crippen LogP contribution < -0.4 is 5.32 Å². The highest BCUT2D eigenvalue weighted by atomic mass is 35.5. The Labute approximate surface area is 109 Å². The average molecular weight is 273 g/mol. The van der Waals surface area contributed by atoms with Crippen LogP contribution in [0, 0.1) is 10.1 Å². The first-order chi connectivity index (χ1) is 8.66. The molecule has 0 saturated carbocycles. The predicted molar refractivity (Wildman–Crippen MR) is 67.2 cm³/mol. The number of nitro groups is 1. The summed E-state index contributed by atoms with van der Waals surface area (Å²) >= 11 is 5.73. The normalized spacial score (nSPS) is 19.5. The summed E-state index contributed by atoms with van der Waals surface area (Å²) in [7, 11) is 0. The number of nitrogens with zero attached hydrogens (tertiary/aromatic N) is 1. The van der Waals surface area contributed by atoms with Crippen LogP contribution in [0.3, 0.4) is 0 Å². The lowest BCUT2D eigenvalue weighted by molar-refractivity contribution is -0.383. The largest absolute Gasteiger partial charge is 0.377 e. The molecule has 1 N–H and O–H groups in total. The summed E-state index contributed by atoms with van der Waals surface area (Å²) in [6, 6.07) is 4.52. The molecule has 1 fully saturated rings. The third-order valence-electron chi connectivity index (χ3n) is 2.56. The molecule has 1 heterocycles. The Hall–Kier alpha value is -1.37. The summed E-state index contributed by atoms with van der Waals surface area (Å²) in [5.41, 5.74) is 0.387. The maximum atomic E-state index is 10.9. The van der Waals surface area contributed by atoms with Crippen molar-refractivity contribution in [3.8, 4) is 0 Å². The Bertz CT molecular complexity index is 435. The number of nitrogens with one attached hydrogen (secondary N) is 1. The molecule has 0 radical (unpaired) electrons. The van der Waals surface area contributed by atoms with E-state index < -0.39 is 4.92 Å². The lowest BCUT2D eigenvalue weighted by Gasteiger charge is -2.23. The topological polar surface area (TPSA) is 73.6 Å². The second-order valence-electron chi connectivity index (χ2n) is 3.87. The van der Waals surface area contributed by atoms with Crippen molar-refractivity contribution in [1.82, 2.24) is 0 Å². The van der Waals surface area contributed by atoms with Gasteiger partial charge in [0.15, 0.2) is 0 Å². The number of nitro benzene ring substituents is 1. The highest BCUT2D eigenvalue weighted by Gasteiger charge is 2.18. The first kappa shape index (κ1) is 13.1. The summed E-state index contributed by atoms with van der Waals surface area (Å²) in [5, 5.41) is 14.2. The molecule has 98 valence electrons. The van der Waals surface area contributed by atoms with Crippen LogP contribution in [0.15, 0.2) is 18.2 Å². The summed E-state index contributed by atoms with van der Waals surface area (Å²) in [6.45, 7) is 2.10. The number of benzene rings is 1. The van der Waals surface area contributed by atoms with Gasteiger partial charge in [-0.05, 0) is 12.1 Å². The Morgan fingerprint density at radius 3 is 3.00 bits per heavy atom. The van der Waals surface area contributed by atoms with Crippen molar-refractivity contribution in [2.75, 3.05) is 31.7 Å². The lowest BCUT2D eigenvalue weighted by atomic mass is 10.2. The molecule has 18 heavy (non-hydrogen) atoms. The fourth-order valence-corrected chi connectivity index (χ4v) is 1.85. The zero-order chi connectivity index (χ0) is 13.0. The van der Waals surface area contributed by atoms with E-state index in [4.69, 9.17) is 21.1 Å². The molecule has 6 nitrogen and oxygen atoms in total. The summed E-state index contributed by atoms with van der Waals surface area (Å²) < 4.78 is 10.7. The van der Waals surface area contributed by atoms with Crippen LogP contribution in [0.2, 0.25) is 5.02 Å². The zero-order valence-electron chi connectivity index (χ0n) is 9.60. The maximum Gasteiger partial charge on any atom is 0.293 e. The summed E-state index contributed by atoms with van der Waals surface area (Å²) in [6.07, 6.45) is -0.0889. The molecule has 0 bridgehead atoms. The van der Waals surface area contributed by atoms with Crippen LogP contribution in [0.5, 0.6) is 0 Å². The van der Waals surface area contributed by atoms with Crippen molar-refractivity contribution in [2.45, 2.75) is 6.10 Å². The van der Waals surface area contributed by atoms with Gasteiger partial charge in [0.2, 0.25) is 0 Å². The first-order valence-electron chi connectivity index (χ1n) is 5.54. The molecule has 1 aromatic rings. The van der Waals surface area contributed by atoms with Gasteiger partial charge in [-0.15, -0.1) is 0 Å². The van der Waals surface area contributed by atoms with E-state index in [2.05, 4.69) is 5.32 Å². The van der Waals surface area contributed by atoms with Gasteiger partial charge in [0.1, 0.15) is 5.69 Å². The van der Waals surface area contributed by atoms with Crippen LogP contribution in [-0.4, -0.2) is 37.4 Å². The molecular formula is C11H13ClN2O4. The van der Waals surface area contributed by atoms with Crippen LogP contribution in [-0.2, 0) is 9.47 Å². The van der Waals surface area contributed by atoms with E-state index in [-0.39, 0.29) is 11.8 Å². The number of hydrogen-bond donors (Lipinski definition) is 1. The van der Waals surface area contributed by atoms with Crippen molar-refractivity contribution in [1.29, 1.82) is 0 Å². The third kappa shape index (κ3) is 3.32. The molecule has 1 aromatic carbocycles. The van der Waals surface area contributed by atoms with Gasteiger partial charge in [-0.3, -0.25) is 10.1 Å². The number of halogens is 1. The molecule has 7 heteroatoms. The standard InChI is InChI=1S/C11H13ClN2O4/c12-8-1-2-10(11(5-8)14(15)16)13-6-9-7-17-3-4-18-9/h1-2,5,9,13H,3-4,6-7H2/t9-/m0/s1. The highest BCUT2D eigenvalue weighted by molar-refractivity contribution is 6.30. The van der Waals surface area contributed by atoms with E-state index in [1.54, 1.807) is 12.1 Å². The van der Waals surface area contributed by atoms with Gasteiger partial charge < -0.3 is 14.8 Å². The van der Waals surface area contributed by atoms with E-state index in [0.29, 0.717) is 37.1 Å². The Kier molecular flexibility index (Phi) is 4.35. The van der Waals surface area contributed by atoms with Crippen LogP contribution in [0.25, 0.3) is 0 Å². The second kappa shape index (κ2) is 5.99. The molecule has 1 aliphatic heterocycles. The zero-order valence-corrected chi connectivity index (χ0v) is 10.4. The summed E-state index contributed by atoms with van der Waals surface area (Å²) in [4.78, 5) is 10.4. The van der Waals surface area contributed by atoms with Crippen molar-refractivity contribution in [3.63, 3.8) is 0 Å². The van der Waals surface area contributed by atoms with E-state index in [1.807, 2.05) is 0 Å². The molecular weight excluding hydrogens is 260 g/mol. The Morgan fingerprint density at radius 1 is 1.50 bits per heavy atom. The fourth-order valence-electron chi connectivity index (χ4n) is 1.68. The van der Waals surface area contributed by atoms with E-state index in [1.165, 1.54) is 6.07 Å². The smallest absolute Gasteiger partial charge is 0.293 e. The van der Waals surface area contributed by atoms with Gasteiger partial charge in [-0.2, -0.15) is 0 Å². The minimum atomic E-state index is -0.466. The van der Waals surface area contributed by atoms with E-state index in [0.717, 1.165) is 0 Å². The minimum Gasteiger partial charge on any atom is -0.377 e. The van der Waals surface area contributed by atoms with Crippen molar-refractivity contribution in [2.24, 2.45) is 0 Å². The lowest BCUT2D eigenvalue weighted by Crippen LogP contribution is -2.34. The van der Waals surface area contributed by atoms with Gasteiger partial charge in [-0.25, -0.2) is 0 Å². The van der Waals surface area contributed by atoms with Crippen LogP contribution in [0.4, 0.5) is 11.4 Å². The molecule has 0 aliphatic carbocycles. The van der Waals surface area contributed by atoms with Crippen LogP contribution in [0.1, 0.15) is 0 Å². The molecule has 2 rings (SSSR count). The second-order valence-corrected chi connectivity index (χ2v) is 4.30. The molecule has 0 unspecified atom stereocenters. The Morgan fingerprint density at radius 2 is 2.33 bits per heavy atom. The number of ether oxygens (including phenoxy) is 2. The maximum absolute atomic E-state index is 10.9. The monoisotopic (exact) mass is 272 g/mol. The van der Waals surface area contributed by atoms with Gasteiger partial charge in [0.25, 0.3) is 5.69 Å². The molecule has 0 amide bonds. The molecule has 0 aromatic heterocycles. The van der Waals surface area contributed by atoms with Crippen LogP contribution >= 0.6 is 11.6 Å². The highest BCUT2D eigenvalue weighted by Crippen LogP contribution is 2.27. The van der Waals surface area contributed by atoms with Crippen molar-refractivity contribution in [3.05, 3.63) is 33.3 Å². The van der Waals surface area contributed by atoms with Gasteiger partial charge in [0, 0.05) is 17.6 Å². The molecule has 1 atom stereocenters. The SMILES string of the molecule is O=[N+]([O-])c1cc(Cl)ccc1NC[C@H]1COCCO1. The quantitative estimate of drug-likeness (QED) is 0.671. The molecule has 1 saturated heterocycles. The third-order valence-corrected chi connectivity index (χ3v) is 2.80. The van der Waals surface area contributed by atoms with Gasteiger partial charge in [-0.1, -0.05) is 11.6 Å². The Balaban J connectivity index is 2.01. The van der Waals surface area contributed by atoms with E-state index >= 15 is 0 Å². The average Bonchev–Trinajstić information content (AvgIpc) is 2.38. The minimum absolute atomic E-state index is 0.0424. The van der Waals surface area contributed by atoms with Crippen molar-refractivity contribution >= 4 is 23.0 Å². The molecule has 0 spiro atoms. The van der Waals surface area contributed by atoms with E-state index in [9.17, 15) is 10.1 Å². The predicted octanol–water partition coefficient (Wildman–Crippen LogP) is 2.08.